The van der Waals surface area contributed by atoms with Crippen molar-refractivity contribution in [1.82, 2.24) is 10.3 Å². The summed E-state index contributed by atoms with van der Waals surface area (Å²) in [4.78, 5) is 38.8. The fraction of sp³-hybridized carbons (Fsp3) is 0.0952. The molecule has 7 heteroatoms. The highest BCUT2D eigenvalue weighted by atomic mass is 16.2. The van der Waals surface area contributed by atoms with Crippen molar-refractivity contribution in [2.45, 2.75) is 6.92 Å². The monoisotopic (exact) mass is 376 g/mol. The number of urea groups is 1. The Balaban J connectivity index is 1.74. The minimum atomic E-state index is -0.510. The fourth-order valence-electron chi connectivity index (χ4n) is 2.66. The van der Waals surface area contributed by atoms with Gasteiger partial charge in [0.25, 0.3) is 11.5 Å². The second-order valence-corrected chi connectivity index (χ2v) is 6.22. The molecule has 0 atom stereocenters. The fourth-order valence-corrected chi connectivity index (χ4v) is 2.66. The van der Waals surface area contributed by atoms with Gasteiger partial charge in [-0.15, -0.1) is 0 Å². The van der Waals surface area contributed by atoms with Gasteiger partial charge in [-0.25, -0.2) is 4.79 Å². The first-order chi connectivity index (χ1) is 13.5. The number of hydrogen-bond donors (Lipinski definition) is 4. The van der Waals surface area contributed by atoms with E-state index >= 15 is 0 Å². The lowest BCUT2D eigenvalue weighted by molar-refractivity contribution is 0.102. The van der Waals surface area contributed by atoms with Crippen molar-refractivity contribution >= 4 is 23.3 Å². The quantitative estimate of drug-likeness (QED) is 0.561. The topological polar surface area (TPSA) is 103 Å². The van der Waals surface area contributed by atoms with Crippen LogP contribution in [0.4, 0.5) is 16.2 Å². The molecule has 0 aliphatic carbocycles. The molecule has 142 valence electrons. The summed E-state index contributed by atoms with van der Waals surface area (Å²) in [7, 11) is 1.52. The summed E-state index contributed by atoms with van der Waals surface area (Å²) in [5, 5.41) is 7.74. The smallest absolute Gasteiger partial charge is 0.318 e. The van der Waals surface area contributed by atoms with Crippen molar-refractivity contribution in [3.05, 3.63) is 82.1 Å². The zero-order valence-electron chi connectivity index (χ0n) is 15.5. The number of H-pyrrole nitrogens is 1. The second-order valence-electron chi connectivity index (χ2n) is 6.22. The molecule has 3 rings (SSSR count). The molecule has 1 heterocycles. The molecular weight excluding hydrogens is 356 g/mol. The molecule has 0 radical (unpaired) electrons. The number of carbonyl (C=O) groups excluding carboxylic acids is 2. The van der Waals surface area contributed by atoms with Gasteiger partial charge < -0.3 is 20.9 Å². The van der Waals surface area contributed by atoms with E-state index in [1.807, 2.05) is 31.2 Å². The summed E-state index contributed by atoms with van der Waals surface area (Å²) in [5.41, 5.74) is 3.25. The van der Waals surface area contributed by atoms with Crippen LogP contribution in [0.3, 0.4) is 0 Å². The maximum Gasteiger partial charge on any atom is 0.318 e. The molecule has 0 spiro atoms. The lowest BCUT2D eigenvalue weighted by atomic mass is 10.1. The van der Waals surface area contributed by atoms with Gasteiger partial charge in [0, 0.05) is 24.1 Å². The van der Waals surface area contributed by atoms with Crippen molar-refractivity contribution in [3.8, 4) is 11.3 Å². The Kier molecular flexibility index (Phi) is 5.55. The van der Waals surface area contributed by atoms with Crippen LogP contribution in [0, 0.1) is 6.92 Å². The van der Waals surface area contributed by atoms with E-state index in [9.17, 15) is 14.4 Å². The standard InChI is InChI=1S/C21H20N4O3/c1-13-4-3-5-14(12-13)18-11-10-17(20(27)25-18)19(26)23-15-6-8-16(9-7-15)24-21(28)22-2/h3-12H,1-2H3,(H,23,26)(H,25,27)(H2,22,24,28). The zero-order valence-corrected chi connectivity index (χ0v) is 15.5. The molecule has 28 heavy (non-hydrogen) atoms. The van der Waals surface area contributed by atoms with E-state index in [-0.39, 0.29) is 11.6 Å². The summed E-state index contributed by atoms with van der Waals surface area (Å²) in [6, 6.07) is 17.2. The molecule has 2 aromatic carbocycles. The largest absolute Gasteiger partial charge is 0.341 e. The van der Waals surface area contributed by atoms with Gasteiger partial charge in [-0.3, -0.25) is 9.59 Å². The number of benzene rings is 2. The van der Waals surface area contributed by atoms with Crippen molar-refractivity contribution in [3.63, 3.8) is 0 Å². The highest BCUT2D eigenvalue weighted by molar-refractivity contribution is 6.04. The normalized spacial score (nSPS) is 10.2. The van der Waals surface area contributed by atoms with Crippen molar-refractivity contribution in [1.29, 1.82) is 0 Å². The van der Waals surface area contributed by atoms with Gasteiger partial charge in [0.15, 0.2) is 0 Å². The Morgan fingerprint density at radius 3 is 2.18 bits per heavy atom. The van der Waals surface area contributed by atoms with Crippen LogP contribution >= 0.6 is 0 Å². The summed E-state index contributed by atoms with van der Waals surface area (Å²) < 4.78 is 0. The SMILES string of the molecule is CNC(=O)Nc1ccc(NC(=O)c2ccc(-c3cccc(C)c3)[nH]c2=O)cc1. The number of anilines is 2. The highest BCUT2D eigenvalue weighted by Gasteiger charge is 2.12. The Hall–Kier alpha value is -3.87. The summed E-state index contributed by atoms with van der Waals surface area (Å²) in [6.07, 6.45) is 0. The van der Waals surface area contributed by atoms with Gasteiger partial charge in [-0.05, 0) is 55.0 Å². The van der Waals surface area contributed by atoms with E-state index in [2.05, 4.69) is 20.9 Å². The third kappa shape index (κ3) is 4.45. The lowest BCUT2D eigenvalue weighted by Gasteiger charge is -2.08. The zero-order chi connectivity index (χ0) is 20.1. The van der Waals surface area contributed by atoms with Crippen LogP contribution in [-0.4, -0.2) is 24.0 Å². The van der Waals surface area contributed by atoms with Crippen LogP contribution in [0.15, 0.2) is 65.5 Å². The number of rotatable bonds is 4. The van der Waals surface area contributed by atoms with Gasteiger partial charge >= 0.3 is 6.03 Å². The van der Waals surface area contributed by atoms with Crippen molar-refractivity contribution < 1.29 is 9.59 Å². The number of aromatic amines is 1. The third-order valence-electron chi connectivity index (χ3n) is 4.11. The average Bonchev–Trinajstić information content (AvgIpc) is 2.69. The Morgan fingerprint density at radius 1 is 0.893 bits per heavy atom. The number of aryl methyl sites for hydroxylation is 1. The van der Waals surface area contributed by atoms with Gasteiger partial charge in [0.1, 0.15) is 5.56 Å². The van der Waals surface area contributed by atoms with Gasteiger partial charge in [0.05, 0.1) is 0 Å². The molecule has 0 aliphatic heterocycles. The van der Waals surface area contributed by atoms with Crippen LogP contribution in [0.1, 0.15) is 15.9 Å². The first kappa shape index (κ1) is 18.9. The van der Waals surface area contributed by atoms with E-state index in [0.29, 0.717) is 17.1 Å². The molecule has 0 saturated heterocycles. The molecule has 0 bridgehead atoms. The summed E-state index contributed by atoms with van der Waals surface area (Å²) in [6.45, 7) is 1.97. The molecule has 4 N–H and O–H groups in total. The van der Waals surface area contributed by atoms with Gasteiger partial charge in [-0.1, -0.05) is 23.8 Å². The molecule has 0 aliphatic rings. The number of carbonyl (C=O) groups is 2. The Labute approximate surface area is 161 Å². The number of nitrogens with one attached hydrogen (secondary N) is 4. The molecule has 0 unspecified atom stereocenters. The predicted octanol–water partition coefficient (Wildman–Crippen LogP) is 3.35. The number of pyridine rings is 1. The lowest BCUT2D eigenvalue weighted by Crippen LogP contribution is -2.24. The van der Waals surface area contributed by atoms with E-state index in [1.165, 1.54) is 13.1 Å². The van der Waals surface area contributed by atoms with E-state index in [0.717, 1.165) is 11.1 Å². The molecule has 7 nitrogen and oxygen atoms in total. The van der Waals surface area contributed by atoms with Crippen LogP contribution in [0.5, 0.6) is 0 Å². The average molecular weight is 376 g/mol. The summed E-state index contributed by atoms with van der Waals surface area (Å²) in [5.74, 6) is -0.510. The van der Waals surface area contributed by atoms with Crippen molar-refractivity contribution in [2.75, 3.05) is 17.7 Å². The second kappa shape index (κ2) is 8.22. The van der Waals surface area contributed by atoms with Crippen LogP contribution < -0.4 is 21.5 Å². The molecule has 0 saturated carbocycles. The van der Waals surface area contributed by atoms with E-state index < -0.39 is 11.5 Å². The van der Waals surface area contributed by atoms with Crippen LogP contribution in [0.2, 0.25) is 0 Å². The maximum absolute atomic E-state index is 12.4. The Morgan fingerprint density at radius 2 is 1.57 bits per heavy atom. The van der Waals surface area contributed by atoms with Gasteiger partial charge in [-0.2, -0.15) is 0 Å². The minimum Gasteiger partial charge on any atom is -0.341 e. The minimum absolute atomic E-state index is 0.0176. The predicted molar refractivity (Wildman–Crippen MR) is 110 cm³/mol. The number of aromatic nitrogens is 1. The van der Waals surface area contributed by atoms with Crippen LogP contribution in [-0.2, 0) is 0 Å². The third-order valence-corrected chi connectivity index (χ3v) is 4.11. The molecule has 1 aromatic heterocycles. The number of hydrogen-bond acceptors (Lipinski definition) is 3. The molecule has 3 amide bonds. The summed E-state index contributed by atoms with van der Waals surface area (Å²) >= 11 is 0. The van der Waals surface area contributed by atoms with E-state index in [1.54, 1.807) is 30.3 Å². The van der Waals surface area contributed by atoms with Crippen molar-refractivity contribution in [2.24, 2.45) is 0 Å². The van der Waals surface area contributed by atoms with Crippen LogP contribution in [0.25, 0.3) is 11.3 Å². The molecule has 3 aromatic rings. The first-order valence-corrected chi connectivity index (χ1v) is 8.67. The highest BCUT2D eigenvalue weighted by Crippen LogP contribution is 2.18. The molecule has 0 fully saturated rings. The van der Waals surface area contributed by atoms with Gasteiger partial charge in [0.2, 0.25) is 0 Å². The maximum atomic E-state index is 12.4. The van der Waals surface area contributed by atoms with E-state index in [4.69, 9.17) is 0 Å². The molecular formula is C21H20N4O3. The first-order valence-electron chi connectivity index (χ1n) is 8.67. The number of amides is 3. The Bertz CT molecular complexity index is 1070.